The van der Waals surface area contributed by atoms with Gasteiger partial charge in [-0.25, -0.2) is 9.59 Å². The van der Waals surface area contributed by atoms with Gasteiger partial charge in [0, 0.05) is 6.42 Å². The van der Waals surface area contributed by atoms with E-state index in [2.05, 4.69) is 54.5 Å². The summed E-state index contributed by atoms with van der Waals surface area (Å²) >= 11 is 0. The van der Waals surface area contributed by atoms with Crippen molar-refractivity contribution in [2.24, 2.45) is 52.3 Å². The smallest absolute Gasteiger partial charge is 0.450 e. The molecule has 3 fully saturated rings. The van der Waals surface area contributed by atoms with Crippen molar-refractivity contribution in [1.82, 2.24) is 0 Å². The van der Waals surface area contributed by atoms with Crippen LogP contribution in [0.5, 0.6) is 0 Å². The molecule has 0 bridgehead atoms. The number of fused-ring (bicyclic) bond motifs is 5. The fourth-order valence-electron chi connectivity index (χ4n) is 11.7. The van der Waals surface area contributed by atoms with E-state index in [0.717, 1.165) is 73.5 Å². The van der Waals surface area contributed by atoms with E-state index in [1.807, 2.05) is 0 Å². The zero-order chi connectivity index (χ0) is 38.9. The molecule has 0 aromatic rings. The third-order valence-corrected chi connectivity index (χ3v) is 14.7. The number of allylic oxidation sites excluding steroid dienone is 1. The van der Waals surface area contributed by atoms with Crippen LogP contribution in [-0.4, -0.2) is 35.2 Å². The number of carboxylic acid groups (broad SMARTS) is 2. The molecule has 4 unspecified atom stereocenters. The standard InChI is InChI=1S/C46H82O3.CH2O3/c1-35(2)22-19-17-15-13-11-9-8-10-12-14-16-18-20-33-48-44(47)49-39-29-31-45(6)38(34-39)25-26-40-42-28-27-41(37(5)24-21-23-36(3)4)46(42,7)32-30-43(40)45;2-1(3)4/h25,35-37,39-43H,8-24,26-34H2,1-7H3;(H2,2,3,4)/t37-,39?,40?,41-,42?,43?,45+,46-;/m1./s1. The predicted octanol–water partition coefficient (Wildman–Crippen LogP) is 14.9. The number of carbonyl (C=O) groups excluding carboxylic acids is 1. The molecule has 0 heterocycles. The molecule has 0 spiro atoms. The van der Waals surface area contributed by atoms with Crippen LogP contribution >= 0.6 is 0 Å². The number of hydrogen-bond donors (Lipinski definition) is 2. The van der Waals surface area contributed by atoms with Crippen LogP contribution in [0.1, 0.15) is 209 Å². The fraction of sp³-hybridized carbons (Fsp3) is 0.915. The second-order valence-electron chi connectivity index (χ2n) is 19.4. The number of hydrogen-bond acceptors (Lipinski definition) is 4. The zero-order valence-electron chi connectivity index (χ0n) is 35.6. The molecular formula is C47H84O6. The molecule has 0 aliphatic heterocycles. The van der Waals surface area contributed by atoms with E-state index in [1.54, 1.807) is 5.57 Å². The Hall–Kier alpha value is -1.72. The second-order valence-corrected chi connectivity index (χ2v) is 19.4. The van der Waals surface area contributed by atoms with Crippen molar-refractivity contribution in [3.8, 4) is 0 Å². The third-order valence-electron chi connectivity index (χ3n) is 14.7. The molecule has 0 amide bonds. The van der Waals surface area contributed by atoms with E-state index in [1.165, 1.54) is 128 Å². The Morgan fingerprint density at radius 1 is 0.698 bits per heavy atom. The maximum Gasteiger partial charge on any atom is 0.508 e. The molecule has 2 N–H and O–H groups in total. The summed E-state index contributed by atoms with van der Waals surface area (Å²) in [6.07, 6.45) is 33.4. The maximum absolute atomic E-state index is 12.6. The van der Waals surface area contributed by atoms with Gasteiger partial charge in [-0.2, -0.15) is 0 Å². The summed E-state index contributed by atoms with van der Waals surface area (Å²) < 4.78 is 11.5. The largest absolute Gasteiger partial charge is 0.508 e. The van der Waals surface area contributed by atoms with E-state index < -0.39 is 12.3 Å². The van der Waals surface area contributed by atoms with Crippen molar-refractivity contribution in [1.29, 1.82) is 0 Å². The first-order valence-corrected chi connectivity index (χ1v) is 22.7. The molecule has 4 rings (SSSR count). The fourth-order valence-corrected chi connectivity index (χ4v) is 11.7. The highest BCUT2D eigenvalue weighted by Gasteiger charge is 2.59. The average Bonchev–Trinajstić information content (AvgIpc) is 3.45. The van der Waals surface area contributed by atoms with E-state index >= 15 is 0 Å². The molecule has 6 nitrogen and oxygen atoms in total. The highest BCUT2D eigenvalue weighted by atomic mass is 16.7. The summed E-state index contributed by atoms with van der Waals surface area (Å²) in [5, 5.41) is 13.9. The van der Waals surface area contributed by atoms with Crippen LogP contribution in [-0.2, 0) is 9.47 Å². The Labute approximate surface area is 326 Å². The van der Waals surface area contributed by atoms with Crippen LogP contribution < -0.4 is 0 Å². The molecule has 0 aromatic heterocycles. The first kappa shape index (κ1) is 45.7. The summed E-state index contributed by atoms with van der Waals surface area (Å²) in [5.74, 6) is 6.03. The van der Waals surface area contributed by atoms with Gasteiger partial charge in [0.25, 0.3) is 0 Å². The second kappa shape index (κ2) is 23.4. The van der Waals surface area contributed by atoms with Crippen LogP contribution in [0.3, 0.4) is 0 Å². The van der Waals surface area contributed by atoms with Crippen molar-refractivity contribution in [2.75, 3.05) is 6.61 Å². The molecule has 0 aromatic carbocycles. The zero-order valence-corrected chi connectivity index (χ0v) is 35.6. The Balaban J connectivity index is 0.00000180. The molecule has 0 saturated heterocycles. The van der Waals surface area contributed by atoms with E-state index in [9.17, 15) is 4.79 Å². The van der Waals surface area contributed by atoms with Gasteiger partial charge in [0.2, 0.25) is 0 Å². The Kier molecular flexibility index (Phi) is 20.1. The van der Waals surface area contributed by atoms with Gasteiger partial charge in [0.15, 0.2) is 0 Å². The molecule has 0 radical (unpaired) electrons. The minimum absolute atomic E-state index is 0.00958. The van der Waals surface area contributed by atoms with E-state index in [4.69, 9.17) is 24.5 Å². The van der Waals surface area contributed by atoms with Crippen LogP contribution in [0.4, 0.5) is 9.59 Å². The summed E-state index contributed by atoms with van der Waals surface area (Å²) in [6, 6.07) is 0. The first-order valence-electron chi connectivity index (χ1n) is 22.7. The van der Waals surface area contributed by atoms with Gasteiger partial charge in [-0.3, -0.25) is 0 Å². The Bertz CT molecular complexity index is 1080. The van der Waals surface area contributed by atoms with Gasteiger partial charge in [-0.05, 0) is 104 Å². The van der Waals surface area contributed by atoms with Crippen LogP contribution in [0.25, 0.3) is 0 Å². The first-order chi connectivity index (χ1) is 25.3. The number of rotatable bonds is 22. The van der Waals surface area contributed by atoms with Crippen LogP contribution in [0.15, 0.2) is 11.6 Å². The molecule has 4 aliphatic rings. The van der Waals surface area contributed by atoms with Gasteiger partial charge in [-0.1, -0.05) is 163 Å². The number of unbranched alkanes of at least 4 members (excludes halogenated alkanes) is 12. The molecular weight excluding hydrogens is 661 g/mol. The quantitative estimate of drug-likeness (QED) is 0.0651. The maximum atomic E-state index is 12.6. The number of carbonyl (C=O) groups is 2. The van der Waals surface area contributed by atoms with Gasteiger partial charge in [0.05, 0.1) is 6.61 Å². The molecule has 3 saturated carbocycles. The van der Waals surface area contributed by atoms with E-state index in [-0.39, 0.29) is 6.10 Å². The summed E-state index contributed by atoms with van der Waals surface area (Å²) in [4.78, 5) is 21.2. The summed E-state index contributed by atoms with van der Waals surface area (Å²) in [5.41, 5.74) is 2.42. The molecule has 53 heavy (non-hydrogen) atoms. The Morgan fingerprint density at radius 2 is 1.25 bits per heavy atom. The van der Waals surface area contributed by atoms with Crippen molar-refractivity contribution < 1.29 is 29.3 Å². The van der Waals surface area contributed by atoms with Gasteiger partial charge in [-0.15, -0.1) is 0 Å². The molecule has 6 heteroatoms. The van der Waals surface area contributed by atoms with Crippen molar-refractivity contribution in [3.05, 3.63) is 11.6 Å². The number of ether oxygens (including phenoxy) is 2. The van der Waals surface area contributed by atoms with Crippen LogP contribution in [0, 0.1) is 52.3 Å². The van der Waals surface area contributed by atoms with Gasteiger partial charge >= 0.3 is 12.3 Å². The lowest BCUT2D eigenvalue weighted by molar-refractivity contribution is -0.0617. The lowest BCUT2D eigenvalue weighted by atomic mass is 9.47. The molecule has 8 atom stereocenters. The topological polar surface area (TPSA) is 93.1 Å². The molecule has 4 aliphatic carbocycles. The monoisotopic (exact) mass is 745 g/mol. The summed E-state index contributed by atoms with van der Waals surface area (Å²) in [6.45, 7) is 17.8. The summed E-state index contributed by atoms with van der Waals surface area (Å²) in [7, 11) is 0. The average molecular weight is 745 g/mol. The van der Waals surface area contributed by atoms with Crippen molar-refractivity contribution >= 4 is 12.3 Å². The normalized spacial score (nSPS) is 29.7. The predicted molar refractivity (Wildman–Crippen MR) is 219 cm³/mol. The van der Waals surface area contributed by atoms with Crippen LogP contribution in [0.2, 0.25) is 0 Å². The highest BCUT2D eigenvalue weighted by Crippen LogP contribution is 2.67. The Morgan fingerprint density at radius 3 is 1.83 bits per heavy atom. The van der Waals surface area contributed by atoms with E-state index in [0.29, 0.717) is 17.4 Å². The minimum atomic E-state index is -1.83. The van der Waals surface area contributed by atoms with Crippen molar-refractivity contribution in [3.63, 3.8) is 0 Å². The highest BCUT2D eigenvalue weighted by molar-refractivity contribution is 5.60. The van der Waals surface area contributed by atoms with Crippen molar-refractivity contribution in [2.45, 2.75) is 215 Å². The molecule has 308 valence electrons. The lowest BCUT2D eigenvalue weighted by Gasteiger charge is -2.58. The SMILES string of the molecule is CC(C)CCCCCCCCCCCCCCCOC(=O)OC1CC[C@@]2(C)C(=CCC3C2CC[C@@]2(C)C3CC[C@@H]2[C@H](C)CCCC(C)C)C1.O=C(O)O. The minimum Gasteiger partial charge on any atom is -0.450 e. The lowest BCUT2D eigenvalue weighted by Crippen LogP contribution is -2.51. The van der Waals surface area contributed by atoms with Gasteiger partial charge in [0.1, 0.15) is 6.10 Å². The third kappa shape index (κ3) is 14.7. The van der Waals surface area contributed by atoms with Gasteiger partial charge < -0.3 is 19.7 Å².